The van der Waals surface area contributed by atoms with Crippen molar-refractivity contribution in [1.29, 1.82) is 0 Å². The molecule has 6 rings (SSSR count). The van der Waals surface area contributed by atoms with Crippen LogP contribution in [0.5, 0.6) is 11.5 Å². The van der Waals surface area contributed by atoms with E-state index >= 15 is 0 Å². The van der Waals surface area contributed by atoms with Gasteiger partial charge in [0, 0.05) is 11.1 Å². The van der Waals surface area contributed by atoms with Crippen LogP contribution < -0.4 is 28.6 Å². The van der Waals surface area contributed by atoms with Gasteiger partial charge in [-0.2, -0.15) is 9.36 Å². The first-order valence-corrected chi connectivity index (χ1v) is 19.4. The van der Waals surface area contributed by atoms with Gasteiger partial charge < -0.3 is 28.7 Å². The summed E-state index contributed by atoms with van der Waals surface area (Å²) in [4.78, 5) is 24.3. The number of benzene rings is 4. The standard InChI is InChI=1S/2C21H25N2O.H3O4P/c2*1-4-5-16-24-21-19(17-12-8-6-9-13-17)22(2)23(3)20(21)18-14-10-7-11-15-18;1-5(2,3)4/h2*6-15H,4-5,16H2,1-3H3;(H3,1,2,3,4)/q2*+1;/p-2. The second kappa shape index (κ2) is 19.7. The Kier molecular flexibility index (Phi) is 15.2. The SMILES string of the molecule is CCCCOc1c(-c2ccccc2)n(C)[n+](C)c1-c1ccccc1.CCCCOc1c(-c2ccccc2)n(C)[n+](C)c1-c1ccccc1.O=P([O-])([O-])O. The lowest BCUT2D eigenvalue weighted by Crippen LogP contribution is -2.39. The molecule has 2 heterocycles. The van der Waals surface area contributed by atoms with Gasteiger partial charge in [0.25, 0.3) is 11.4 Å². The molecule has 0 saturated heterocycles. The minimum Gasteiger partial charge on any atom is -0.790 e. The maximum Gasteiger partial charge on any atom is 0.280 e. The first-order chi connectivity index (χ1) is 25.5. The van der Waals surface area contributed by atoms with E-state index in [2.05, 4.69) is 158 Å². The average molecular weight is 739 g/mol. The minimum absolute atomic E-state index is 0.736. The Morgan fingerprint density at radius 3 is 1.09 bits per heavy atom. The van der Waals surface area contributed by atoms with E-state index in [1.165, 1.54) is 22.3 Å². The fourth-order valence-corrected chi connectivity index (χ4v) is 5.98. The maximum absolute atomic E-state index is 8.66. The molecule has 0 fully saturated rings. The van der Waals surface area contributed by atoms with Crippen LogP contribution in [0.1, 0.15) is 39.5 Å². The number of rotatable bonds is 12. The molecular formula is C42H51N4O6P. The van der Waals surface area contributed by atoms with E-state index < -0.39 is 7.82 Å². The third-order valence-electron chi connectivity index (χ3n) is 8.73. The summed E-state index contributed by atoms with van der Waals surface area (Å²) in [6.45, 7) is 5.84. The summed E-state index contributed by atoms with van der Waals surface area (Å²) in [7, 11) is 3.20. The van der Waals surface area contributed by atoms with Gasteiger partial charge in [0.05, 0.1) is 46.3 Å². The highest BCUT2D eigenvalue weighted by molar-refractivity contribution is 7.42. The zero-order valence-corrected chi connectivity index (χ0v) is 32.4. The van der Waals surface area contributed by atoms with E-state index in [4.69, 9.17) is 28.7 Å². The molecule has 1 N–H and O–H groups in total. The molecule has 6 aromatic rings. The molecule has 10 nitrogen and oxygen atoms in total. The number of nitrogens with zero attached hydrogens (tertiary/aromatic N) is 4. The van der Waals surface area contributed by atoms with Crippen molar-refractivity contribution in [3.05, 3.63) is 121 Å². The van der Waals surface area contributed by atoms with E-state index in [-0.39, 0.29) is 0 Å². The van der Waals surface area contributed by atoms with Gasteiger partial charge in [-0.1, -0.05) is 124 Å². The summed E-state index contributed by atoms with van der Waals surface area (Å²) in [6.07, 6.45) is 4.36. The molecule has 4 aromatic carbocycles. The van der Waals surface area contributed by atoms with Gasteiger partial charge in [0.15, 0.2) is 25.5 Å². The van der Waals surface area contributed by atoms with Gasteiger partial charge in [-0.25, -0.2) is 0 Å². The van der Waals surface area contributed by atoms with Gasteiger partial charge in [-0.15, -0.1) is 9.36 Å². The molecule has 0 amide bonds. The van der Waals surface area contributed by atoms with Crippen molar-refractivity contribution in [1.82, 2.24) is 9.36 Å². The Balaban J connectivity index is 0.000000210. The Labute approximate surface area is 313 Å². The number of hydrogen-bond donors (Lipinski definition) is 1. The second-order valence-corrected chi connectivity index (χ2v) is 13.4. The number of phosphoric acid groups is 1. The lowest BCUT2D eigenvalue weighted by Gasteiger charge is -2.19. The van der Waals surface area contributed by atoms with Crippen LogP contribution in [0.25, 0.3) is 45.0 Å². The first kappa shape index (κ1) is 40.8. The van der Waals surface area contributed by atoms with Crippen LogP contribution in [-0.2, 0) is 32.8 Å². The topological polar surface area (TPSA) is 120 Å². The van der Waals surface area contributed by atoms with Crippen molar-refractivity contribution in [3.63, 3.8) is 0 Å². The van der Waals surface area contributed by atoms with Crippen molar-refractivity contribution >= 4 is 7.82 Å². The van der Waals surface area contributed by atoms with Crippen molar-refractivity contribution in [2.24, 2.45) is 28.2 Å². The third-order valence-corrected chi connectivity index (χ3v) is 8.73. The normalized spacial score (nSPS) is 10.9. The van der Waals surface area contributed by atoms with Crippen LogP contribution in [0.15, 0.2) is 121 Å². The van der Waals surface area contributed by atoms with Gasteiger partial charge in [0.1, 0.15) is 0 Å². The molecule has 0 unspecified atom stereocenters. The highest BCUT2D eigenvalue weighted by Crippen LogP contribution is 2.38. The molecule has 0 bridgehead atoms. The predicted octanol–water partition coefficient (Wildman–Crippen LogP) is 6.53. The zero-order valence-electron chi connectivity index (χ0n) is 31.5. The van der Waals surface area contributed by atoms with Gasteiger partial charge in [0.2, 0.25) is 11.5 Å². The number of unbranched alkanes of at least 4 members (excludes halogenated alkanes) is 2. The van der Waals surface area contributed by atoms with Crippen LogP contribution in [-0.4, -0.2) is 27.5 Å². The largest absolute Gasteiger partial charge is 0.790 e. The summed E-state index contributed by atoms with van der Waals surface area (Å²) in [6, 6.07) is 41.8. The van der Waals surface area contributed by atoms with Crippen LogP contribution in [0.4, 0.5) is 0 Å². The zero-order chi connectivity index (χ0) is 38.4. The van der Waals surface area contributed by atoms with E-state index in [0.717, 1.165) is 73.2 Å². The summed E-state index contributed by atoms with van der Waals surface area (Å²) in [5.41, 5.74) is 9.16. The van der Waals surface area contributed by atoms with Gasteiger partial charge >= 0.3 is 0 Å². The highest BCUT2D eigenvalue weighted by Gasteiger charge is 2.31. The molecule has 0 aliphatic rings. The Bertz CT molecular complexity index is 1770. The number of aromatic nitrogens is 4. The molecule has 0 aliphatic heterocycles. The molecule has 0 saturated carbocycles. The molecule has 2 aromatic heterocycles. The fourth-order valence-electron chi connectivity index (χ4n) is 5.98. The van der Waals surface area contributed by atoms with E-state index in [0.29, 0.717) is 0 Å². The van der Waals surface area contributed by atoms with Crippen LogP contribution in [0.3, 0.4) is 0 Å². The maximum atomic E-state index is 8.66. The van der Waals surface area contributed by atoms with Crippen molar-refractivity contribution < 1.29 is 38.1 Å². The average Bonchev–Trinajstić information content (AvgIpc) is 3.56. The Morgan fingerprint density at radius 2 is 0.830 bits per heavy atom. The molecule has 11 heteroatoms. The van der Waals surface area contributed by atoms with Crippen LogP contribution in [0.2, 0.25) is 0 Å². The molecule has 0 atom stereocenters. The van der Waals surface area contributed by atoms with Crippen molar-refractivity contribution in [2.45, 2.75) is 39.5 Å². The second-order valence-electron chi connectivity index (χ2n) is 12.5. The molecule has 0 radical (unpaired) electrons. The van der Waals surface area contributed by atoms with Crippen LogP contribution in [0, 0.1) is 0 Å². The smallest absolute Gasteiger partial charge is 0.280 e. The Hall–Kier alpha value is -4.99. The van der Waals surface area contributed by atoms with Gasteiger partial charge in [-0.05, 0) is 37.1 Å². The molecule has 53 heavy (non-hydrogen) atoms. The van der Waals surface area contributed by atoms with Crippen LogP contribution >= 0.6 is 7.82 Å². The number of ether oxygens (including phenoxy) is 2. The molecule has 0 aliphatic carbocycles. The fraction of sp³-hybridized carbons (Fsp3) is 0.286. The molecular weight excluding hydrogens is 687 g/mol. The first-order valence-electron chi connectivity index (χ1n) is 17.9. The van der Waals surface area contributed by atoms with E-state index in [1.54, 1.807) is 0 Å². The summed E-state index contributed by atoms with van der Waals surface area (Å²) >= 11 is 0. The molecule has 0 spiro atoms. The Morgan fingerprint density at radius 1 is 0.566 bits per heavy atom. The van der Waals surface area contributed by atoms with Gasteiger partial charge in [-0.3, -0.25) is 0 Å². The predicted molar refractivity (Wildman–Crippen MR) is 206 cm³/mol. The quantitative estimate of drug-likeness (QED) is 0.0867. The van der Waals surface area contributed by atoms with E-state index in [9.17, 15) is 0 Å². The van der Waals surface area contributed by atoms with Crippen molar-refractivity contribution in [3.8, 4) is 56.5 Å². The summed E-state index contributed by atoms with van der Waals surface area (Å²) < 4.78 is 29.9. The highest BCUT2D eigenvalue weighted by atomic mass is 31.2. The minimum atomic E-state index is -5.14. The summed E-state index contributed by atoms with van der Waals surface area (Å²) in [5, 5.41) is 0. The lowest BCUT2D eigenvalue weighted by atomic mass is 10.1. The monoisotopic (exact) mass is 738 g/mol. The lowest BCUT2D eigenvalue weighted by molar-refractivity contribution is -0.740. The molecule has 280 valence electrons. The third kappa shape index (κ3) is 11.0. The number of hydrogen-bond acceptors (Lipinski definition) is 5. The summed E-state index contributed by atoms with van der Waals surface area (Å²) in [5.74, 6) is 1.93. The van der Waals surface area contributed by atoms with Crippen molar-refractivity contribution in [2.75, 3.05) is 13.2 Å². The van der Waals surface area contributed by atoms with E-state index in [1.807, 2.05) is 24.3 Å².